The van der Waals surface area contributed by atoms with Gasteiger partial charge >= 0.3 is 5.97 Å². The molecule has 10 heteroatoms. The standard InChI is InChI=1S/C14H15F2N3OS.C3H6O3/c15-9-3-8-4-11(7-20-13(8)12(16)5-9)19-10(1-2-17)6-18-14(19)21;1-2(4)3(5)6/h3,5-6,11H,1-2,4,7,17H2,(H,18,21);2,4H,1H3,(H,5,6)/t11-;/m1./s1. The molecule has 0 amide bonds. The van der Waals surface area contributed by atoms with Crippen molar-refractivity contribution in [2.45, 2.75) is 31.9 Å². The van der Waals surface area contributed by atoms with Crippen LogP contribution in [0.1, 0.15) is 24.2 Å². The second-order valence-corrected chi connectivity index (χ2v) is 6.44. The molecule has 1 aliphatic heterocycles. The topological polar surface area (TPSA) is 114 Å². The molecule has 2 aromatic rings. The van der Waals surface area contributed by atoms with Gasteiger partial charge in [-0.3, -0.25) is 0 Å². The molecule has 1 aromatic heterocycles. The number of aromatic amines is 1. The van der Waals surface area contributed by atoms with Gasteiger partial charge in [-0.05, 0) is 31.8 Å². The molecule has 0 saturated heterocycles. The molecule has 0 spiro atoms. The van der Waals surface area contributed by atoms with Gasteiger partial charge in [-0.25, -0.2) is 13.6 Å². The van der Waals surface area contributed by atoms with Gasteiger partial charge in [0.1, 0.15) is 18.5 Å². The number of carboxylic acid groups (broad SMARTS) is 1. The number of benzene rings is 1. The Bertz CT molecular complexity index is 866. The van der Waals surface area contributed by atoms with E-state index in [1.165, 1.54) is 13.0 Å². The lowest BCUT2D eigenvalue weighted by Gasteiger charge is -2.27. The minimum Gasteiger partial charge on any atom is -0.488 e. The van der Waals surface area contributed by atoms with Crippen LogP contribution in [0, 0.1) is 16.4 Å². The lowest BCUT2D eigenvalue weighted by molar-refractivity contribution is -0.145. The van der Waals surface area contributed by atoms with Crippen LogP contribution < -0.4 is 10.5 Å². The lowest BCUT2D eigenvalue weighted by Crippen LogP contribution is -2.27. The number of nitrogens with zero attached hydrogens (tertiary/aromatic N) is 1. The third-order valence-corrected chi connectivity index (χ3v) is 4.29. The Balaban J connectivity index is 0.000000380. The highest BCUT2D eigenvalue weighted by molar-refractivity contribution is 7.71. The number of aliphatic carboxylic acids is 1. The minimum absolute atomic E-state index is 0.0981. The molecule has 0 fully saturated rings. The Hall–Kier alpha value is -2.30. The molecule has 1 unspecified atom stereocenters. The summed E-state index contributed by atoms with van der Waals surface area (Å²) in [6.07, 6.45) is 1.73. The van der Waals surface area contributed by atoms with Crippen LogP contribution in [0.15, 0.2) is 18.3 Å². The minimum atomic E-state index is -1.23. The summed E-state index contributed by atoms with van der Waals surface area (Å²) in [5, 5.41) is 15.8. The number of nitrogens with one attached hydrogen (secondary N) is 1. The maximum absolute atomic E-state index is 13.7. The Labute approximate surface area is 159 Å². The van der Waals surface area contributed by atoms with Gasteiger partial charge in [0.15, 0.2) is 16.3 Å². The smallest absolute Gasteiger partial charge is 0.332 e. The third kappa shape index (κ3) is 5.12. The first-order chi connectivity index (χ1) is 12.7. The van der Waals surface area contributed by atoms with E-state index in [9.17, 15) is 13.6 Å². The molecular weight excluding hydrogens is 380 g/mol. The average Bonchev–Trinajstić information content (AvgIpc) is 2.95. The summed E-state index contributed by atoms with van der Waals surface area (Å²) in [4.78, 5) is 12.4. The summed E-state index contributed by atoms with van der Waals surface area (Å²) in [6, 6.07) is 2.05. The molecular formula is C17H21F2N3O4S. The highest BCUT2D eigenvalue weighted by Gasteiger charge is 2.26. The first kappa shape index (κ1) is 21.0. The maximum atomic E-state index is 13.7. The molecule has 1 aliphatic rings. The number of aliphatic hydroxyl groups excluding tert-OH is 1. The quantitative estimate of drug-likeness (QED) is 0.583. The molecule has 7 nitrogen and oxygen atoms in total. The van der Waals surface area contributed by atoms with Crippen molar-refractivity contribution in [3.05, 3.63) is 46.0 Å². The fourth-order valence-electron chi connectivity index (χ4n) is 2.74. The zero-order chi connectivity index (χ0) is 20.1. The predicted molar refractivity (Wildman–Crippen MR) is 96.3 cm³/mol. The SMILES string of the molecule is CC(O)C(=O)O.NCCc1c[nH]c(=S)n1[C@H]1COc2c(F)cc(F)cc2C1. The number of H-pyrrole nitrogens is 1. The number of imidazole rings is 1. The lowest BCUT2D eigenvalue weighted by atomic mass is 10.0. The summed E-state index contributed by atoms with van der Waals surface area (Å²) in [7, 11) is 0. The Morgan fingerprint density at radius 1 is 1.52 bits per heavy atom. The Morgan fingerprint density at radius 2 is 2.19 bits per heavy atom. The van der Waals surface area contributed by atoms with Crippen molar-refractivity contribution in [2.75, 3.05) is 13.2 Å². The van der Waals surface area contributed by atoms with Gasteiger partial charge in [-0.15, -0.1) is 0 Å². The normalized spacial score (nSPS) is 16.6. The van der Waals surface area contributed by atoms with Gasteiger partial charge < -0.3 is 30.2 Å². The number of halogens is 2. The van der Waals surface area contributed by atoms with E-state index in [0.29, 0.717) is 36.3 Å². The number of hydrogen-bond acceptors (Lipinski definition) is 5. The number of hydrogen-bond donors (Lipinski definition) is 4. The number of carboxylic acids is 1. The van der Waals surface area contributed by atoms with Crippen molar-refractivity contribution in [1.82, 2.24) is 9.55 Å². The molecule has 27 heavy (non-hydrogen) atoms. The second kappa shape index (κ2) is 9.07. The molecule has 0 saturated carbocycles. The number of aromatic nitrogens is 2. The van der Waals surface area contributed by atoms with Crippen molar-refractivity contribution in [3.8, 4) is 5.75 Å². The molecule has 2 heterocycles. The first-order valence-electron chi connectivity index (χ1n) is 8.25. The van der Waals surface area contributed by atoms with E-state index in [-0.39, 0.29) is 11.8 Å². The highest BCUT2D eigenvalue weighted by Crippen LogP contribution is 2.33. The maximum Gasteiger partial charge on any atom is 0.332 e. The van der Waals surface area contributed by atoms with Gasteiger partial charge in [0, 0.05) is 36.4 Å². The van der Waals surface area contributed by atoms with Crippen LogP contribution in [0.5, 0.6) is 5.75 Å². The number of nitrogens with two attached hydrogens (primary N) is 1. The van der Waals surface area contributed by atoms with E-state index in [1.54, 1.807) is 0 Å². The zero-order valence-corrected chi connectivity index (χ0v) is 15.4. The van der Waals surface area contributed by atoms with Crippen molar-refractivity contribution >= 4 is 18.2 Å². The molecule has 0 bridgehead atoms. The molecule has 0 radical (unpaired) electrons. The first-order valence-corrected chi connectivity index (χ1v) is 8.65. The predicted octanol–water partition coefficient (Wildman–Crippen LogP) is 1.95. The fourth-order valence-corrected chi connectivity index (χ4v) is 3.07. The second-order valence-electron chi connectivity index (χ2n) is 6.05. The third-order valence-electron chi connectivity index (χ3n) is 3.97. The van der Waals surface area contributed by atoms with Crippen LogP contribution in [0.3, 0.4) is 0 Å². The largest absolute Gasteiger partial charge is 0.488 e. The van der Waals surface area contributed by atoms with Crippen molar-refractivity contribution in [1.29, 1.82) is 0 Å². The van der Waals surface area contributed by atoms with E-state index in [1.807, 2.05) is 10.8 Å². The van der Waals surface area contributed by atoms with Crippen molar-refractivity contribution < 1.29 is 28.5 Å². The molecule has 5 N–H and O–H groups in total. The van der Waals surface area contributed by atoms with E-state index < -0.39 is 23.7 Å². The van der Waals surface area contributed by atoms with E-state index in [4.69, 9.17) is 32.9 Å². The van der Waals surface area contributed by atoms with Gasteiger partial charge in [0.25, 0.3) is 0 Å². The van der Waals surface area contributed by atoms with Crippen LogP contribution in [0.4, 0.5) is 8.78 Å². The molecule has 1 aromatic carbocycles. The Kier molecular flexibility index (Phi) is 7.05. The fraction of sp³-hybridized carbons (Fsp3) is 0.412. The van der Waals surface area contributed by atoms with Crippen LogP contribution in [-0.2, 0) is 17.6 Å². The number of rotatable bonds is 4. The monoisotopic (exact) mass is 401 g/mol. The molecule has 2 atom stereocenters. The zero-order valence-electron chi connectivity index (χ0n) is 14.6. The molecule has 3 rings (SSSR count). The number of aliphatic hydroxyl groups is 1. The molecule has 148 valence electrons. The summed E-state index contributed by atoms with van der Waals surface area (Å²) >= 11 is 5.28. The van der Waals surface area contributed by atoms with E-state index in [2.05, 4.69) is 4.98 Å². The summed E-state index contributed by atoms with van der Waals surface area (Å²) in [6.45, 7) is 1.99. The Morgan fingerprint density at radius 3 is 2.78 bits per heavy atom. The average molecular weight is 401 g/mol. The van der Waals surface area contributed by atoms with Gasteiger partial charge in [0.2, 0.25) is 0 Å². The summed E-state index contributed by atoms with van der Waals surface area (Å²) in [5.74, 6) is -2.32. The van der Waals surface area contributed by atoms with Crippen LogP contribution in [0.2, 0.25) is 0 Å². The van der Waals surface area contributed by atoms with E-state index in [0.717, 1.165) is 11.8 Å². The van der Waals surface area contributed by atoms with Crippen LogP contribution in [-0.4, -0.2) is 45.0 Å². The van der Waals surface area contributed by atoms with Crippen LogP contribution in [0.25, 0.3) is 0 Å². The number of ether oxygens (including phenoxy) is 1. The molecule has 0 aliphatic carbocycles. The van der Waals surface area contributed by atoms with E-state index >= 15 is 0 Å². The summed E-state index contributed by atoms with van der Waals surface area (Å²) in [5.41, 5.74) is 7.08. The van der Waals surface area contributed by atoms with Crippen molar-refractivity contribution in [3.63, 3.8) is 0 Å². The number of carbonyl (C=O) groups is 1. The highest BCUT2D eigenvalue weighted by atomic mass is 32.1. The van der Waals surface area contributed by atoms with Gasteiger partial charge in [-0.1, -0.05) is 0 Å². The van der Waals surface area contributed by atoms with Crippen LogP contribution >= 0.6 is 12.2 Å². The number of fused-ring (bicyclic) bond motifs is 1. The van der Waals surface area contributed by atoms with Crippen molar-refractivity contribution in [2.24, 2.45) is 5.73 Å². The van der Waals surface area contributed by atoms with Gasteiger partial charge in [0.05, 0.1) is 6.04 Å². The van der Waals surface area contributed by atoms with Gasteiger partial charge in [-0.2, -0.15) is 0 Å². The summed E-state index contributed by atoms with van der Waals surface area (Å²) < 4.78 is 35.0.